The highest BCUT2D eigenvalue weighted by molar-refractivity contribution is 7.89. The molecule has 4 rings (SSSR count). The monoisotopic (exact) mass is 553 g/mol. The molecule has 3 aromatic rings. The lowest BCUT2D eigenvalue weighted by Gasteiger charge is -2.37. The largest absolute Gasteiger partial charge is 0.573 e. The third-order valence-electron chi connectivity index (χ3n) is 6.03. The molecule has 0 aromatic heterocycles. The zero-order valence-electron chi connectivity index (χ0n) is 20.0. The number of nitrogens with zero attached hydrogens (tertiary/aromatic N) is 1. The van der Waals surface area contributed by atoms with E-state index in [1.807, 2.05) is 0 Å². The number of carbonyl (C=O) groups is 1. The average molecular weight is 554 g/mol. The van der Waals surface area contributed by atoms with Crippen molar-refractivity contribution in [2.24, 2.45) is 0 Å². The normalized spacial score (nSPS) is 16.0. The van der Waals surface area contributed by atoms with E-state index in [4.69, 9.17) is 9.47 Å². The van der Waals surface area contributed by atoms with Gasteiger partial charge in [-0.1, -0.05) is 12.1 Å². The van der Waals surface area contributed by atoms with Crippen molar-refractivity contribution in [2.75, 3.05) is 20.8 Å². The summed E-state index contributed by atoms with van der Waals surface area (Å²) >= 11 is 0. The molecule has 3 aromatic carbocycles. The van der Waals surface area contributed by atoms with Crippen LogP contribution in [0.1, 0.15) is 33.1 Å². The Morgan fingerprint density at radius 3 is 2.39 bits per heavy atom. The number of carboxylic acids is 1. The highest BCUT2D eigenvalue weighted by Crippen LogP contribution is 2.45. The first-order valence-electron chi connectivity index (χ1n) is 11.0. The summed E-state index contributed by atoms with van der Waals surface area (Å²) in [5, 5.41) is 19.2. The summed E-state index contributed by atoms with van der Waals surface area (Å²) in [6, 6.07) is 9.79. The summed E-state index contributed by atoms with van der Waals surface area (Å²) in [6.07, 6.45) is -4.78. The molecule has 38 heavy (non-hydrogen) atoms. The first-order chi connectivity index (χ1) is 17.9. The number of fused-ring (bicyclic) bond motifs is 1. The Labute approximate surface area is 215 Å². The molecule has 1 atom stereocenters. The molecule has 1 unspecified atom stereocenters. The number of methoxy groups -OCH3 is 2. The quantitative estimate of drug-likeness (QED) is 0.443. The number of benzene rings is 3. The van der Waals surface area contributed by atoms with Crippen LogP contribution >= 0.6 is 0 Å². The van der Waals surface area contributed by atoms with Gasteiger partial charge in [0.1, 0.15) is 28.6 Å². The molecule has 13 heteroatoms. The fourth-order valence-corrected chi connectivity index (χ4v) is 6.03. The standard InChI is InChI=1S/C25H22F3NO8S/c1-35-17-10-14-8-9-29(38(33,34)18-6-7-20(30)19(13-18)24(31)32)23(22(14)21(12-17)36-2)15-4-3-5-16(11-15)37-25(26,27)28/h3-7,10-13,23,30H,8-9H2,1-2H3,(H,31,32). The lowest BCUT2D eigenvalue weighted by atomic mass is 9.88. The molecule has 0 bridgehead atoms. The summed E-state index contributed by atoms with van der Waals surface area (Å²) < 4.78 is 82.6. The van der Waals surface area contributed by atoms with Gasteiger partial charge in [0.25, 0.3) is 0 Å². The number of rotatable bonds is 7. The van der Waals surface area contributed by atoms with E-state index in [1.54, 1.807) is 6.07 Å². The Kier molecular flexibility index (Phi) is 7.17. The van der Waals surface area contributed by atoms with E-state index in [9.17, 15) is 36.6 Å². The molecule has 1 aliphatic rings. The molecule has 0 spiro atoms. The number of carboxylic acid groups (broad SMARTS) is 1. The molecular weight excluding hydrogens is 531 g/mol. The second kappa shape index (κ2) is 10.1. The van der Waals surface area contributed by atoms with Crippen LogP contribution in [0.25, 0.3) is 0 Å². The molecule has 202 valence electrons. The van der Waals surface area contributed by atoms with E-state index in [0.717, 1.165) is 34.6 Å². The number of phenols is 1. The fraction of sp³-hybridized carbons (Fsp3) is 0.240. The maximum Gasteiger partial charge on any atom is 0.573 e. The van der Waals surface area contributed by atoms with Crippen LogP contribution in [0.5, 0.6) is 23.0 Å². The van der Waals surface area contributed by atoms with Crippen LogP contribution < -0.4 is 14.2 Å². The number of aromatic hydroxyl groups is 1. The maximum absolute atomic E-state index is 13.9. The SMILES string of the molecule is COc1cc2c(c(OC)c1)C(c1cccc(OC(F)(F)F)c1)N(S(=O)(=O)c1ccc(O)c(C(=O)O)c1)CC2. The lowest BCUT2D eigenvalue weighted by Crippen LogP contribution is -2.41. The van der Waals surface area contributed by atoms with Crippen LogP contribution in [0.2, 0.25) is 0 Å². The number of hydrogen-bond donors (Lipinski definition) is 2. The van der Waals surface area contributed by atoms with Gasteiger partial charge in [0.2, 0.25) is 10.0 Å². The molecule has 0 fully saturated rings. The summed E-state index contributed by atoms with van der Waals surface area (Å²) in [7, 11) is -1.65. The van der Waals surface area contributed by atoms with Crippen molar-refractivity contribution in [3.8, 4) is 23.0 Å². The molecule has 0 saturated heterocycles. The molecular formula is C25H22F3NO8S. The van der Waals surface area contributed by atoms with Crippen molar-refractivity contribution in [1.82, 2.24) is 4.31 Å². The average Bonchev–Trinajstić information content (AvgIpc) is 2.86. The summed E-state index contributed by atoms with van der Waals surface area (Å²) in [5.74, 6) is -2.03. The zero-order chi connectivity index (χ0) is 27.8. The number of aromatic carboxylic acids is 1. The van der Waals surface area contributed by atoms with E-state index in [2.05, 4.69) is 4.74 Å². The number of ether oxygens (including phenoxy) is 3. The fourth-order valence-electron chi connectivity index (χ4n) is 4.42. The van der Waals surface area contributed by atoms with E-state index >= 15 is 0 Å². The highest BCUT2D eigenvalue weighted by atomic mass is 32.2. The molecule has 0 saturated carbocycles. The van der Waals surface area contributed by atoms with Crippen LogP contribution in [0.15, 0.2) is 59.5 Å². The van der Waals surface area contributed by atoms with Crippen molar-refractivity contribution in [3.63, 3.8) is 0 Å². The van der Waals surface area contributed by atoms with Crippen molar-refractivity contribution in [3.05, 3.63) is 76.9 Å². The topological polar surface area (TPSA) is 123 Å². The minimum atomic E-state index is -4.97. The van der Waals surface area contributed by atoms with E-state index < -0.39 is 50.4 Å². The Hall–Kier alpha value is -3.97. The van der Waals surface area contributed by atoms with Gasteiger partial charge < -0.3 is 24.4 Å². The van der Waals surface area contributed by atoms with Crippen molar-refractivity contribution < 1.29 is 50.8 Å². The van der Waals surface area contributed by atoms with Gasteiger partial charge in [-0.15, -0.1) is 13.2 Å². The van der Waals surface area contributed by atoms with Crippen LogP contribution in [0.3, 0.4) is 0 Å². The predicted molar refractivity (Wildman–Crippen MR) is 127 cm³/mol. The van der Waals surface area contributed by atoms with Gasteiger partial charge in [0, 0.05) is 18.2 Å². The zero-order valence-corrected chi connectivity index (χ0v) is 20.8. The molecule has 0 radical (unpaired) electrons. The molecule has 2 N–H and O–H groups in total. The Morgan fingerprint density at radius 1 is 1.03 bits per heavy atom. The summed E-state index contributed by atoms with van der Waals surface area (Å²) in [4.78, 5) is 11.1. The van der Waals surface area contributed by atoms with Gasteiger partial charge in [0.05, 0.1) is 25.2 Å². The smallest absolute Gasteiger partial charge is 0.507 e. The third-order valence-corrected chi connectivity index (χ3v) is 7.89. The lowest BCUT2D eigenvalue weighted by molar-refractivity contribution is -0.274. The van der Waals surface area contributed by atoms with Crippen LogP contribution in [0.4, 0.5) is 13.2 Å². The second-order valence-corrected chi connectivity index (χ2v) is 10.2. The van der Waals surface area contributed by atoms with Gasteiger partial charge >= 0.3 is 12.3 Å². The number of sulfonamides is 1. The molecule has 0 aliphatic carbocycles. The van der Waals surface area contributed by atoms with Crippen LogP contribution in [-0.2, 0) is 16.4 Å². The van der Waals surface area contributed by atoms with Crippen LogP contribution in [-0.4, -0.2) is 56.0 Å². The van der Waals surface area contributed by atoms with E-state index in [-0.39, 0.29) is 24.3 Å². The van der Waals surface area contributed by atoms with Crippen molar-refractivity contribution in [1.29, 1.82) is 0 Å². The van der Waals surface area contributed by atoms with Crippen molar-refractivity contribution in [2.45, 2.75) is 23.7 Å². The Balaban J connectivity index is 1.94. The number of hydrogen-bond acceptors (Lipinski definition) is 7. The van der Waals surface area contributed by atoms with E-state index in [1.165, 1.54) is 32.4 Å². The van der Waals surface area contributed by atoms with Gasteiger partial charge in [-0.25, -0.2) is 13.2 Å². The van der Waals surface area contributed by atoms with Gasteiger partial charge in [-0.05, 0) is 53.9 Å². The Morgan fingerprint density at radius 2 is 1.76 bits per heavy atom. The maximum atomic E-state index is 13.9. The highest BCUT2D eigenvalue weighted by Gasteiger charge is 2.40. The molecule has 1 heterocycles. The van der Waals surface area contributed by atoms with E-state index in [0.29, 0.717) is 16.9 Å². The van der Waals surface area contributed by atoms with Gasteiger partial charge in [0.15, 0.2) is 0 Å². The molecule has 0 amide bonds. The number of halogens is 3. The van der Waals surface area contributed by atoms with Crippen LogP contribution in [0, 0.1) is 0 Å². The minimum Gasteiger partial charge on any atom is -0.507 e. The van der Waals surface area contributed by atoms with Crippen molar-refractivity contribution >= 4 is 16.0 Å². The third kappa shape index (κ3) is 5.20. The number of alkyl halides is 3. The van der Waals surface area contributed by atoms with Gasteiger partial charge in [-0.2, -0.15) is 4.31 Å². The molecule has 9 nitrogen and oxygen atoms in total. The summed E-state index contributed by atoms with van der Waals surface area (Å²) in [6.45, 7) is -0.107. The second-order valence-electron chi connectivity index (χ2n) is 8.28. The Bertz CT molecular complexity index is 1470. The first kappa shape index (κ1) is 27.1. The first-order valence-corrected chi connectivity index (χ1v) is 12.5. The predicted octanol–water partition coefficient (Wildman–Crippen LogP) is 4.34. The molecule has 1 aliphatic heterocycles. The van der Waals surface area contributed by atoms with Gasteiger partial charge in [-0.3, -0.25) is 0 Å². The summed E-state index contributed by atoms with van der Waals surface area (Å²) in [5.41, 5.74) is 0.557. The minimum absolute atomic E-state index is 0.107.